The fourth-order valence-electron chi connectivity index (χ4n) is 4.10. The molecule has 1 aromatic heterocycles. The maximum Gasteiger partial charge on any atom is 0.307 e. The Bertz CT molecular complexity index is 1520. The highest BCUT2D eigenvalue weighted by atomic mass is 79.9. The summed E-state index contributed by atoms with van der Waals surface area (Å²) in [4.78, 5) is 25.7. The van der Waals surface area contributed by atoms with E-state index in [0.29, 0.717) is 0 Å². The molecule has 0 bridgehead atoms. The van der Waals surface area contributed by atoms with Crippen molar-refractivity contribution in [3.63, 3.8) is 0 Å². The molecule has 1 heterocycles. The van der Waals surface area contributed by atoms with Gasteiger partial charge in [0.05, 0.1) is 12.8 Å². The van der Waals surface area contributed by atoms with Crippen molar-refractivity contribution in [3.8, 4) is 11.1 Å². The molecule has 0 aliphatic carbocycles. The molecule has 0 spiro atoms. The SMILES string of the molecule is O=C(O)Cc1ccc(-c2ccncc2)c2ccccc12.O=C(O)Cc1ccc(Br)c2ccccc12. The number of pyridine rings is 1. The zero-order valence-corrected chi connectivity index (χ0v) is 20.3. The lowest BCUT2D eigenvalue weighted by molar-refractivity contribution is -0.137. The van der Waals surface area contributed by atoms with Crippen molar-refractivity contribution in [2.75, 3.05) is 0 Å². The van der Waals surface area contributed by atoms with E-state index in [1.54, 1.807) is 12.4 Å². The Balaban J connectivity index is 0.000000172. The molecule has 0 radical (unpaired) electrons. The van der Waals surface area contributed by atoms with Gasteiger partial charge in [-0.2, -0.15) is 0 Å². The average Bonchev–Trinajstić information content (AvgIpc) is 2.87. The first-order valence-corrected chi connectivity index (χ1v) is 11.7. The molecule has 5 aromatic rings. The summed E-state index contributed by atoms with van der Waals surface area (Å²) in [7, 11) is 0. The monoisotopic (exact) mass is 527 g/mol. The van der Waals surface area contributed by atoms with Crippen LogP contribution < -0.4 is 0 Å². The van der Waals surface area contributed by atoms with Crippen molar-refractivity contribution in [3.05, 3.63) is 113 Å². The lowest BCUT2D eigenvalue weighted by Crippen LogP contribution is -2.01. The summed E-state index contributed by atoms with van der Waals surface area (Å²) < 4.78 is 0.993. The first kappa shape index (κ1) is 24.1. The molecule has 4 aromatic carbocycles. The Morgan fingerprint density at radius 1 is 0.629 bits per heavy atom. The van der Waals surface area contributed by atoms with Crippen LogP contribution in [0, 0.1) is 0 Å². The smallest absolute Gasteiger partial charge is 0.307 e. The maximum absolute atomic E-state index is 11.0. The third kappa shape index (κ3) is 5.73. The van der Waals surface area contributed by atoms with Gasteiger partial charge in [0.25, 0.3) is 0 Å². The van der Waals surface area contributed by atoms with Gasteiger partial charge < -0.3 is 10.2 Å². The number of halogens is 1. The van der Waals surface area contributed by atoms with E-state index in [4.69, 9.17) is 10.2 Å². The number of aromatic nitrogens is 1. The van der Waals surface area contributed by atoms with E-state index in [0.717, 1.165) is 48.3 Å². The van der Waals surface area contributed by atoms with Gasteiger partial charge in [0.1, 0.15) is 0 Å². The molecule has 35 heavy (non-hydrogen) atoms. The number of carboxylic acid groups (broad SMARTS) is 2. The van der Waals surface area contributed by atoms with E-state index in [-0.39, 0.29) is 12.8 Å². The van der Waals surface area contributed by atoms with E-state index in [1.165, 1.54) is 0 Å². The van der Waals surface area contributed by atoms with Gasteiger partial charge in [-0.25, -0.2) is 0 Å². The van der Waals surface area contributed by atoms with Gasteiger partial charge in [-0.15, -0.1) is 0 Å². The zero-order chi connectivity index (χ0) is 24.8. The minimum absolute atomic E-state index is 0.0388. The second-order valence-electron chi connectivity index (χ2n) is 7.95. The molecule has 0 saturated heterocycles. The predicted molar refractivity (Wildman–Crippen MR) is 142 cm³/mol. The summed E-state index contributed by atoms with van der Waals surface area (Å²) in [6.45, 7) is 0. The van der Waals surface area contributed by atoms with Crippen LogP contribution in [0.2, 0.25) is 0 Å². The number of nitrogens with zero attached hydrogens (tertiary/aromatic N) is 1. The molecule has 0 atom stereocenters. The third-order valence-corrected chi connectivity index (χ3v) is 6.34. The molecule has 0 saturated carbocycles. The number of carbonyl (C=O) groups is 2. The molecule has 0 unspecified atom stereocenters. The van der Waals surface area contributed by atoms with E-state index in [1.807, 2.05) is 84.9 Å². The number of carboxylic acids is 2. The number of aliphatic carboxylic acids is 2. The highest BCUT2D eigenvalue weighted by Crippen LogP contribution is 2.31. The predicted octanol–water partition coefficient (Wildman–Crippen LogP) is 6.76. The molecular formula is C29H22BrNO4. The van der Waals surface area contributed by atoms with Gasteiger partial charge in [0.2, 0.25) is 0 Å². The summed E-state index contributed by atoms with van der Waals surface area (Å²) in [5.74, 6) is -1.62. The van der Waals surface area contributed by atoms with Crippen LogP contribution >= 0.6 is 15.9 Å². The van der Waals surface area contributed by atoms with Crippen molar-refractivity contribution in [1.29, 1.82) is 0 Å². The van der Waals surface area contributed by atoms with Gasteiger partial charge in [-0.05, 0) is 62.0 Å². The highest BCUT2D eigenvalue weighted by molar-refractivity contribution is 9.10. The van der Waals surface area contributed by atoms with Gasteiger partial charge in [-0.1, -0.05) is 82.7 Å². The number of hydrogen-bond donors (Lipinski definition) is 2. The van der Waals surface area contributed by atoms with Gasteiger partial charge in [-0.3, -0.25) is 14.6 Å². The van der Waals surface area contributed by atoms with E-state index in [9.17, 15) is 9.59 Å². The maximum atomic E-state index is 11.0. The number of hydrogen-bond acceptors (Lipinski definition) is 3. The van der Waals surface area contributed by atoms with E-state index in [2.05, 4.69) is 20.9 Å². The molecule has 6 heteroatoms. The standard InChI is InChI=1S/C17H13NO2.C12H9BrO2/c19-17(20)11-13-5-6-15(12-7-9-18-10-8-12)16-4-2-1-3-14(13)16;13-11-6-5-8(7-12(14)15)9-3-1-2-4-10(9)11/h1-10H,11H2,(H,19,20);1-6H,7H2,(H,14,15). The molecular weight excluding hydrogens is 506 g/mol. The Hall–Kier alpha value is -4.03. The normalized spacial score (nSPS) is 10.5. The summed E-state index contributed by atoms with van der Waals surface area (Å²) in [5, 5.41) is 21.9. The van der Waals surface area contributed by atoms with E-state index < -0.39 is 11.9 Å². The molecule has 174 valence electrons. The van der Waals surface area contributed by atoms with Crippen LogP contribution in [0.15, 0.2) is 102 Å². The van der Waals surface area contributed by atoms with Crippen LogP contribution in [0.5, 0.6) is 0 Å². The minimum atomic E-state index is -0.813. The van der Waals surface area contributed by atoms with Crippen molar-refractivity contribution in [2.45, 2.75) is 12.8 Å². The first-order chi connectivity index (χ1) is 16.9. The van der Waals surface area contributed by atoms with Crippen LogP contribution in [-0.4, -0.2) is 27.1 Å². The molecule has 0 fully saturated rings. The van der Waals surface area contributed by atoms with E-state index >= 15 is 0 Å². The van der Waals surface area contributed by atoms with Crippen LogP contribution in [0.4, 0.5) is 0 Å². The quantitative estimate of drug-likeness (QED) is 0.263. The fourth-order valence-corrected chi connectivity index (χ4v) is 4.58. The lowest BCUT2D eigenvalue weighted by Gasteiger charge is -2.10. The molecule has 0 aliphatic heterocycles. The number of rotatable bonds is 5. The summed E-state index contributed by atoms with van der Waals surface area (Å²) in [5.41, 5.74) is 3.86. The Labute approximate surface area is 210 Å². The summed E-state index contributed by atoms with van der Waals surface area (Å²) >= 11 is 3.45. The zero-order valence-electron chi connectivity index (χ0n) is 18.7. The second-order valence-corrected chi connectivity index (χ2v) is 8.80. The lowest BCUT2D eigenvalue weighted by atomic mass is 9.94. The van der Waals surface area contributed by atoms with Crippen LogP contribution in [0.3, 0.4) is 0 Å². The fraction of sp³-hybridized carbons (Fsp3) is 0.0690. The second kappa shape index (κ2) is 10.9. The van der Waals surface area contributed by atoms with Crippen LogP contribution in [0.1, 0.15) is 11.1 Å². The number of benzene rings is 4. The van der Waals surface area contributed by atoms with Gasteiger partial charge >= 0.3 is 11.9 Å². The van der Waals surface area contributed by atoms with Crippen molar-refractivity contribution in [1.82, 2.24) is 4.98 Å². The van der Waals surface area contributed by atoms with Crippen molar-refractivity contribution in [2.24, 2.45) is 0 Å². The molecule has 5 rings (SSSR count). The van der Waals surface area contributed by atoms with Crippen molar-refractivity contribution >= 4 is 49.4 Å². The van der Waals surface area contributed by atoms with Crippen LogP contribution in [0.25, 0.3) is 32.7 Å². The highest BCUT2D eigenvalue weighted by Gasteiger charge is 2.10. The van der Waals surface area contributed by atoms with Gasteiger partial charge in [0, 0.05) is 16.9 Å². The molecule has 5 nitrogen and oxygen atoms in total. The Morgan fingerprint density at radius 3 is 1.69 bits per heavy atom. The first-order valence-electron chi connectivity index (χ1n) is 10.9. The van der Waals surface area contributed by atoms with Crippen LogP contribution in [-0.2, 0) is 22.4 Å². The van der Waals surface area contributed by atoms with Gasteiger partial charge in [0.15, 0.2) is 0 Å². The van der Waals surface area contributed by atoms with Crippen molar-refractivity contribution < 1.29 is 19.8 Å². The molecule has 2 N–H and O–H groups in total. The summed E-state index contributed by atoms with van der Waals surface area (Å²) in [6.07, 6.45) is 3.62. The minimum Gasteiger partial charge on any atom is -0.481 e. The Morgan fingerprint density at radius 2 is 1.11 bits per heavy atom. The average molecular weight is 528 g/mol. The largest absolute Gasteiger partial charge is 0.481 e. The topological polar surface area (TPSA) is 87.5 Å². The summed E-state index contributed by atoms with van der Waals surface area (Å²) in [6, 6.07) is 27.2. The molecule has 0 amide bonds. The molecule has 0 aliphatic rings. The Kier molecular flexibility index (Phi) is 7.53. The third-order valence-electron chi connectivity index (χ3n) is 5.65. The number of fused-ring (bicyclic) bond motifs is 2.